The summed E-state index contributed by atoms with van der Waals surface area (Å²) in [6, 6.07) is 11.8. The fraction of sp³-hybridized carbons (Fsp3) is 0.263. The zero-order valence-corrected chi connectivity index (χ0v) is 16.0. The van der Waals surface area contributed by atoms with E-state index in [4.69, 9.17) is 0 Å². The van der Waals surface area contributed by atoms with E-state index in [1.54, 1.807) is 6.92 Å². The number of hydrogen-bond donors (Lipinski definition) is 2. The Kier molecular flexibility index (Phi) is 5.67. The van der Waals surface area contributed by atoms with Gasteiger partial charge in [-0.25, -0.2) is 22.5 Å². The highest BCUT2D eigenvalue weighted by Gasteiger charge is 2.17. The second-order valence-corrected chi connectivity index (χ2v) is 8.16. The van der Waals surface area contributed by atoms with E-state index in [0.29, 0.717) is 24.2 Å². The lowest BCUT2D eigenvalue weighted by Crippen LogP contribution is -2.27. The minimum absolute atomic E-state index is 0.0578. The molecule has 0 aliphatic carbocycles. The molecule has 3 aromatic rings. The summed E-state index contributed by atoms with van der Waals surface area (Å²) in [5, 5.41) is 7.01. The molecule has 0 saturated heterocycles. The van der Waals surface area contributed by atoms with Gasteiger partial charge >= 0.3 is 0 Å². The van der Waals surface area contributed by atoms with E-state index in [-0.39, 0.29) is 11.4 Å². The Labute approximate surface area is 157 Å². The van der Waals surface area contributed by atoms with E-state index in [2.05, 4.69) is 26.0 Å². The molecule has 0 unspecified atom stereocenters. The van der Waals surface area contributed by atoms with Crippen LogP contribution in [0.2, 0.25) is 0 Å². The third-order valence-corrected chi connectivity index (χ3v) is 5.72. The van der Waals surface area contributed by atoms with Crippen LogP contribution in [0.5, 0.6) is 0 Å². The van der Waals surface area contributed by atoms with Crippen molar-refractivity contribution in [3.63, 3.8) is 0 Å². The first-order valence-corrected chi connectivity index (χ1v) is 10.0. The monoisotopic (exact) mass is 388 g/mol. The average Bonchev–Trinajstić information content (AvgIpc) is 3.04. The first kappa shape index (κ1) is 19.2. The molecule has 0 spiro atoms. The van der Waals surface area contributed by atoms with Crippen LogP contribution in [-0.2, 0) is 22.9 Å². The summed E-state index contributed by atoms with van der Waals surface area (Å²) in [5.41, 5.74) is 2.79. The number of rotatable bonds is 7. The van der Waals surface area contributed by atoms with Gasteiger partial charge in [0.1, 0.15) is 11.6 Å². The summed E-state index contributed by atoms with van der Waals surface area (Å²) in [7, 11) is -3.79. The average molecular weight is 388 g/mol. The number of sulfonamides is 1. The molecule has 0 amide bonds. The molecule has 2 aromatic carbocycles. The van der Waals surface area contributed by atoms with E-state index in [1.807, 2.05) is 25.1 Å². The van der Waals surface area contributed by atoms with Gasteiger partial charge in [-0.15, -0.1) is 0 Å². The molecule has 142 valence electrons. The van der Waals surface area contributed by atoms with E-state index < -0.39 is 15.8 Å². The smallest absolute Gasteiger partial charge is 0.240 e. The van der Waals surface area contributed by atoms with Crippen LogP contribution >= 0.6 is 0 Å². The van der Waals surface area contributed by atoms with Gasteiger partial charge in [-0.1, -0.05) is 35.9 Å². The van der Waals surface area contributed by atoms with Crippen LogP contribution in [0.4, 0.5) is 4.39 Å². The molecule has 3 rings (SSSR count). The summed E-state index contributed by atoms with van der Waals surface area (Å²) in [6.07, 6.45) is 0.959. The second-order valence-electron chi connectivity index (χ2n) is 6.42. The molecule has 0 radical (unpaired) electrons. The SMILES string of the molecule is Cc1cccc(Cc2nc(CCNS(=O)(=O)c3cc(F)ccc3C)n[nH]2)c1. The quantitative estimate of drug-likeness (QED) is 0.651. The van der Waals surface area contributed by atoms with Gasteiger partial charge in [0, 0.05) is 19.4 Å². The predicted molar refractivity (Wildman–Crippen MR) is 100 cm³/mol. The number of aromatic nitrogens is 3. The van der Waals surface area contributed by atoms with Gasteiger partial charge < -0.3 is 0 Å². The number of H-pyrrole nitrogens is 1. The van der Waals surface area contributed by atoms with Crippen LogP contribution < -0.4 is 4.72 Å². The molecular weight excluding hydrogens is 367 g/mol. The number of nitrogens with one attached hydrogen (secondary N) is 2. The molecule has 2 N–H and O–H groups in total. The number of halogens is 1. The Bertz CT molecular complexity index is 1050. The molecule has 6 nitrogen and oxygen atoms in total. The first-order chi connectivity index (χ1) is 12.8. The van der Waals surface area contributed by atoms with Crippen molar-refractivity contribution in [1.29, 1.82) is 0 Å². The van der Waals surface area contributed by atoms with Crippen LogP contribution in [0.15, 0.2) is 47.4 Å². The highest BCUT2D eigenvalue weighted by molar-refractivity contribution is 7.89. The fourth-order valence-corrected chi connectivity index (χ4v) is 4.07. The minimum Gasteiger partial charge on any atom is -0.263 e. The van der Waals surface area contributed by atoms with Crippen molar-refractivity contribution in [3.05, 3.63) is 76.6 Å². The van der Waals surface area contributed by atoms with E-state index in [1.165, 1.54) is 17.7 Å². The van der Waals surface area contributed by atoms with Crippen LogP contribution in [-0.4, -0.2) is 30.1 Å². The van der Waals surface area contributed by atoms with Crippen LogP contribution in [0.3, 0.4) is 0 Å². The Hall–Kier alpha value is -2.58. The zero-order chi connectivity index (χ0) is 19.4. The van der Waals surface area contributed by atoms with Gasteiger partial charge in [-0.3, -0.25) is 5.10 Å². The van der Waals surface area contributed by atoms with Gasteiger partial charge in [0.2, 0.25) is 10.0 Å². The predicted octanol–water partition coefficient (Wildman–Crippen LogP) is 2.67. The molecule has 0 saturated carbocycles. The van der Waals surface area contributed by atoms with Crippen molar-refractivity contribution < 1.29 is 12.8 Å². The van der Waals surface area contributed by atoms with Crippen molar-refractivity contribution in [2.75, 3.05) is 6.54 Å². The summed E-state index contributed by atoms with van der Waals surface area (Å²) in [5.74, 6) is 0.659. The first-order valence-electron chi connectivity index (χ1n) is 8.55. The fourth-order valence-electron chi connectivity index (χ4n) is 2.78. The second kappa shape index (κ2) is 7.98. The number of aromatic amines is 1. The minimum atomic E-state index is -3.79. The Morgan fingerprint density at radius 2 is 1.96 bits per heavy atom. The van der Waals surface area contributed by atoms with Gasteiger partial charge in [0.15, 0.2) is 5.82 Å². The highest BCUT2D eigenvalue weighted by atomic mass is 32.2. The lowest BCUT2D eigenvalue weighted by atomic mass is 10.1. The Morgan fingerprint density at radius 1 is 1.15 bits per heavy atom. The Balaban J connectivity index is 1.59. The molecule has 27 heavy (non-hydrogen) atoms. The molecule has 0 aliphatic heterocycles. The summed E-state index contributed by atoms with van der Waals surface area (Å²) in [6.45, 7) is 3.78. The van der Waals surface area contributed by atoms with Gasteiger partial charge in [0.05, 0.1) is 4.90 Å². The van der Waals surface area contributed by atoms with E-state index >= 15 is 0 Å². The number of aryl methyl sites for hydroxylation is 2. The van der Waals surface area contributed by atoms with Crippen LogP contribution in [0, 0.1) is 19.7 Å². The van der Waals surface area contributed by atoms with Crippen molar-refractivity contribution in [1.82, 2.24) is 19.9 Å². The number of benzene rings is 2. The molecule has 0 fully saturated rings. The number of nitrogens with zero attached hydrogens (tertiary/aromatic N) is 2. The molecule has 1 heterocycles. The van der Waals surface area contributed by atoms with Gasteiger partial charge in [-0.05, 0) is 37.1 Å². The lowest BCUT2D eigenvalue weighted by molar-refractivity contribution is 0.576. The largest absolute Gasteiger partial charge is 0.263 e. The standard InChI is InChI=1S/C19H21FN4O2S/c1-13-4-3-5-15(10-13)11-19-22-18(23-24-19)8-9-21-27(25,26)17-12-16(20)7-6-14(17)2/h3-7,10,12,21H,8-9,11H2,1-2H3,(H,22,23,24). The molecule has 0 atom stereocenters. The lowest BCUT2D eigenvalue weighted by Gasteiger charge is -2.08. The molecule has 0 bridgehead atoms. The molecule has 1 aromatic heterocycles. The van der Waals surface area contributed by atoms with Gasteiger partial charge in [0.25, 0.3) is 0 Å². The maximum absolute atomic E-state index is 13.4. The molecule has 0 aliphatic rings. The van der Waals surface area contributed by atoms with Crippen LogP contribution in [0.25, 0.3) is 0 Å². The number of hydrogen-bond acceptors (Lipinski definition) is 4. The highest BCUT2D eigenvalue weighted by Crippen LogP contribution is 2.16. The zero-order valence-electron chi connectivity index (χ0n) is 15.2. The third-order valence-electron chi connectivity index (χ3n) is 4.11. The van der Waals surface area contributed by atoms with Crippen molar-refractivity contribution >= 4 is 10.0 Å². The normalized spacial score (nSPS) is 11.7. The van der Waals surface area contributed by atoms with Crippen molar-refractivity contribution in [2.45, 2.75) is 31.6 Å². The summed E-state index contributed by atoms with van der Waals surface area (Å²) in [4.78, 5) is 4.34. The van der Waals surface area contributed by atoms with E-state index in [0.717, 1.165) is 17.5 Å². The summed E-state index contributed by atoms with van der Waals surface area (Å²) >= 11 is 0. The van der Waals surface area contributed by atoms with Crippen molar-refractivity contribution in [3.8, 4) is 0 Å². The maximum Gasteiger partial charge on any atom is 0.240 e. The van der Waals surface area contributed by atoms with Crippen molar-refractivity contribution in [2.24, 2.45) is 0 Å². The molecule has 8 heteroatoms. The topological polar surface area (TPSA) is 87.7 Å². The van der Waals surface area contributed by atoms with Crippen LogP contribution in [0.1, 0.15) is 28.3 Å². The van der Waals surface area contributed by atoms with E-state index in [9.17, 15) is 12.8 Å². The summed E-state index contributed by atoms with van der Waals surface area (Å²) < 4.78 is 40.5. The van der Waals surface area contributed by atoms with Gasteiger partial charge in [-0.2, -0.15) is 5.10 Å². The molecular formula is C19H21FN4O2S. The maximum atomic E-state index is 13.4. The third kappa shape index (κ3) is 4.99. The Morgan fingerprint density at radius 3 is 2.74 bits per heavy atom.